The Bertz CT molecular complexity index is 1160. The molecule has 160 valence electrons. The summed E-state index contributed by atoms with van der Waals surface area (Å²) in [4.78, 5) is 27.0. The number of benzene rings is 3. The lowest BCUT2D eigenvalue weighted by atomic mass is 9.77. The van der Waals surface area contributed by atoms with Crippen LogP contribution in [0.4, 0.5) is 11.4 Å². The lowest BCUT2D eigenvalue weighted by molar-refractivity contribution is -0.118. The Morgan fingerprint density at radius 1 is 0.781 bits per heavy atom. The minimum Gasteiger partial charge on any atom is -0.385 e. The van der Waals surface area contributed by atoms with Crippen LogP contribution in [0.5, 0.6) is 0 Å². The van der Waals surface area contributed by atoms with Crippen LogP contribution in [-0.2, 0) is 9.59 Å². The Kier molecular flexibility index (Phi) is 6.28. The van der Waals surface area contributed by atoms with Crippen LogP contribution in [0.25, 0.3) is 0 Å². The Morgan fingerprint density at radius 3 is 1.84 bits per heavy atom. The predicted molar refractivity (Wildman–Crippen MR) is 130 cm³/mol. The molecular formula is C25H22N4O2S. The second-order valence-electron chi connectivity index (χ2n) is 7.36. The van der Waals surface area contributed by atoms with E-state index in [-0.39, 0.29) is 22.3 Å². The van der Waals surface area contributed by atoms with Gasteiger partial charge in [-0.25, -0.2) is 0 Å². The summed E-state index contributed by atoms with van der Waals surface area (Å²) < 4.78 is 0. The van der Waals surface area contributed by atoms with Gasteiger partial charge in [0.1, 0.15) is 11.7 Å². The first-order chi connectivity index (χ1) is 15.5. The summed E-state index contributed by atoms with van der Waals surface area (Å²) in [6, 6.07) is 27.5. The van der Waals surface area contributed by atoms with Crippen LogP contribution in [0.3, 0.4) is 0 Å². The molecule has 0 bridgehead atoms. The molecule has 1 aliphatic rings. The lowest BCUT2D eigenvalue weighted by Gasteiger charge is -2.34. The van der Waals surface area contributed by atoms with Crippen LogP contribution >= 0.6 is 12.2 Å². The third-order valence-corrected chi connectivity index (χ3v) is 5.59. The zero-order valence-electron chi connectivity index (χ0n) is 17.1. The van der Waals surface area contributed by atoms with Gasteiger partial charge < -0.3 is 21.7 Å². The highest BCUT2D eigenvalue weighted by molar-refractivity contribution is 7.80. The van der Waals surface area contributed by atoms with E-state index >= 15 is 0 Å². The molecule has 4 rings (SSSR count). The Hall–Kier alpha value is -3.97. The number of amides is 2. The van der Waals surface area contributed by atoms with Gasteiger partial charge in [-0.15, -0.1) is 0 Å². The summed E-state index contributed by atoms with van der Waals surface area (Å²) in [6.45, 7) is 0. The van der Waals surface area contributed by atoms with Crippen molar-refractivity contribution in [1.82, 2.24) is 5.32 Å². The van der Waals surface area contributed by atoms with E-state index in [1.165, 1.54) is 0 Å². The number of nitrogens with two attached hydrogens (primary N) is 1. The van der Waals surface area contributed by atoms with Crippen molar-refractivity contribution in [3.63, 3.8) is 0 Å². The minimum absolute atomic E-state index is 0.140. The zero-order chi connectivity index (χ0) is 22.5. The Balaban J connectivity index is 1.73. The average Bonchev–Trinajstić information content (AvgIpc) is 2.80. The summed E-state index contributed by atoms with van der Waals surface area (Å²) in [7, 11) is 0. The van der Waals surface area contributed by atoms with E-state index in [9.17, 15) is 9.59 Å². The van der Waals surface area contributed by atoms with Crippen LogP contribution in [0, 0.1) is 5.92 Å². The van der Waals surface area contributed by atoms with Gasteiger partial charge in [0.2, 0.25) is 5.91 Å². The van der Waals surface area contributed by atoms with Gasteiger partial charge in [0, 0.05) is 17.3 Å². The molecular weight excluding hydrogens is 420 g/mol. The van der Waals surface area contributed by atoms with E-state index in [2.05, 4.69) is 16.0 Å². The molecule has 0 saturated carbocycles. The van der Waals surface area contributed by atoms with Gasteiger partial charge >= 0.3 is 0 Å². The molecule has 0 radical (unpaired) electrons. The normalized spacial score (nSPS) is 17.9. The van der Waals surface area contributed by atoms with Crippen molar-refractivity contribution in [3.05, 3.63) is 108 Å². The highest BCUT2D eigenvalue weighted by Gasteiger charge is 2.43. The van der Waals surface area contributed by atoms with Crippen LogP contribution < -0.4 is 21.7 Å². The van der Waals surface area contributed by atoms with E-state index in [0.717, 1.165) is 5.56 Å². The molecule has 0 aromatic heterocycles. The first kappa shape index (κ1) is 21.3. The smallest absolute Gasteiger partial charge is 0.255 e. The fourth-order valence-corrected chi connectivity index (χ4v) is 4.13. The molecule has 0 aliphatic carbocycles. The first-order valence-corrected chi connectivity index (χ1v) is 10.5. The molecule has 32 heavy (non-hydrogen) atoms. The SMILES string of the molecule is NC1=C(C(=O)Nc2ccccc2)C(c2ccccc2)C(C(=O)Nc2ccccc2)C(=S)N1. The van der Waals surface area contributed by atoms with E-state index in [0.29, 0.717) is 11.4 Å². The molecule has 7 heteroatoms. The number of nitrogens with one attached hydrogen (secondary N) is 3. The molecule has 0 fully saturated rings. The zero-order valence-corrected chi connectivity index (χ0v) is 17.9. The van der Waals surface area contributed by atoms with Crippen LogP contribution in [0.15, 0.2) is 102 Å². The molecule has 2 atom stereocenters. The number of rotatable bonds is 5. The van der Waals surface area contributed by atoms with Crippen molar-refractivity contribution in [2.45, 2.75) is 5.92 Å². The Morgan fingerprint density at radius 2 is 1.28 bits per heavy atom. The maximum Gasteiger partial charge on any atom is 0.255 e. The quantitative estimate of drug-likeness (QED) is 0.451. The van der Waals surface area contributed by atoms with Gasteiger partial charge in [-0.2, -0.15) is 0 Å². The first-order valence-electron chi connectivity index (χ1n) is 10.1. The van der Waals surface area contributed by atoms with Gasteiger partial charge in [-0.05, 0) is 29.8 Å². The third-order valence-electron chi connectivity index (χ3n) is 5.23. The van der Waals surface area contributed by atoms with Crippen molar-refractivity contribution < 1.29 is 9.59 Å². The minimum atomic E-state index is -0.823. The third kappa shape index (κ3) is 4.53. The van der Waals surface area contributed by atoms with Crippen molar-refractivity contribution in [3.8, 4) is 0 Å². The molecule has 3 aromatic rings. The standard InChI is InChI=1S/C25H22N4O2S/c26-22-20(23(30)27-17-12-6-2-7-13-17)19(16-10-4-1-5-11-16)21(25(32)29-22)24(31)28-18-14-8-3-9-15-18/h1-15,19,21H,26H2,(H,27,30)(H,28,31)(H,29,32). The molecule has 5 N–H and O–H groups in total. The van der Waals surface area contributed by atoms with Crippen molar-refractivity contribution >= 4 is 40.4 Å². The van der Waals surface area contributed by atoms with E-state index in [1.807, 2.05) is 66.7 Å². The maximum atomic E-state index is 13.4. The molecule has 2 amide bonds. The highest BCUT2D eigenvalue weighted by atomic mass is 32.1. The summed E-state index contributed by atoms with van der Waals surface area (Å²) in [5, 5.41) is 8.66. The second-order valence-corrected chi connectivity index (χ2v) is 7.80. The van der Waals surface area contributed by atoms with Gasteiger partial charge in [0.15, 0.2) is 0 Å². The van der Waals surface area contributed by atoms with Crippen molar-refractivity contribution in [1.29, 1.82) is 0 Å². The summed E-state index contributed by atoms with van der Waals surface area (Å²) in [5.41, 5.74) is 8.56. The average molecular weight is 443 g/mol. The number of anilines is 2. The topological polar surface area (TPSA) is 96.2 Å². The Labute approximate surface area is 191 Å². The second kappa shape index (κ2) is 9.45. The van der Waals surface area contributed by atoms with E-state index < -0.39 is 17.7 Å². The van der Waals surface area contributed by atoms with Crippen LogP contribution in [0.2, 0.25) is 0 Å². The fraction of sp³-hybridized carbons (Fsp3) is 0.0800. The maximum absolute atomic E-state index is 13.4. The van der Waals surface area contributed by atoms with E-state index in [4.69, 9.17) is 18.0 Å². The molecule has 1 aliphatic heterocycles. The summed E-state index contributed by atoms with van der Waals surface area (Å²) in [5.74, 6) is -2.05. The largest absolute Gasteiger partial charge is 0.385 e. The fourth-order valence-electron chi connectivity index (χ4n) is 3.78. The number of thiocarbonyl (C=S) groups is 1. The summed E-state index contributed by atoms with van der Waals surface area (Å²) in [6.07, 6.45) is 0. The number of carbonyl (C=O) groups excluding carboxylic acids is 2. The van der Waals surface area contributed by atoms with Crippen LogP contribution in [-0.4, -0.2) is 16.8 Å². The molecule has 3 aromatic carbocycles. The number of hydrogen-bond donors (Lipinski definition) is 4. The van der Waals surface area contributed by atoms with Crippen LogP contribution in [0.1, 0.15) is 11.5 Å². The molecule has 6 nitrogen and oxygen atoms in total. The lowest BCUT2D eigenvalue weighted by Crippen LogP contribution is -2.49. The molecule has 1 heterocycles. The highest BCUT2D eigenvalue weighted by Crippen LogP contribution is 2.38. The summed E-state index contributed by atoms with van der Waals surface area (Å²) >= 11 is 5.53. The number of carbonyl (C=O) groups is 2. The monoisotopic (exact) mass is 442 g/mol. The molecule has 0 saturated heterocycles. The number of para-hydroxylation sites is 2. The van der Waals surface area contributed by atoms with E-state index in [1.54, 1.807) is 24.3 Å². The van der Waals surface area contributed by atoms with Gasteiger partial charge in [0.05, 0.1) is 10.6 Å². The molecule has 0 spiro atoms. The molecule has 2 unspecified atom stereocenters. The predicted octanol–water partition coefficient (Wildman–Crippen LogP) is 3.76. The van der Waals surface area contributed by atoms with Crippen molar-refractivity contribution in [2.24, 2.45) is 11.7 Å². The van der Waals surface area contributed by atoms with Crippen molar-refractivity contribution in [2.75, 3.05) is 10.6 Å². The number of hydrogen-bond acceptors (Lipinski definition) is 4. The van der Waals surface area contributed by atoms with Gasteiger partial charge in [-0.1, -0.05) is 78.9 Å². The van der Waals surface area contributed by atoms with Gasteiger partial charge in [-0.3, -0.25) is 9.59 Å². The van der Waals surface area contributed by atoms with Gasteiger partial charge in [0.25, 0.3) is 5.91 Å².